The smallest absolute Gasteiger partial charge is 0.291 e. The largest absolute Gasteiger partial charge is 0.494 e. The van der Waals surface area contributed by atoms with Crippen LogP contribution >= 0.6 is 0 Å². The Morgan fingerprint density at radius 2 is 1.41 bits per heavy atom. The van der Waals surface area contributed by atoms with Crippen molar-refractivity contribution in [3.8, 4) is 0 Å². The van der Waals surface area contributed by atoms with Gasteiger partial charge in [-0.3, -0.25) is 67.2 Å². The molecule has 0 radical (unpaired) electrons. The van der Waals surface area contributed by atoms with Crippen molar-refractivity contribution in [2.24, 2.45) is 32.1 Å². The second-order valence-corrected chi connectivity index (χ2v) is 23.5. The fourth-order valence-electron chi connectivity index (χ4n) is 11.0. The van der Waals surface area contributed by atoms with Crippen LogP contribution < -0.4 is 37.2 Å². The first kappa shape index (κ1) is 68.6. The quantitative estimate of drug-likeness (QED) is 0.0197. The van der Waals surface area contributed by atoms with Gasteiger partial charge >= 0.3 is 0 Å². The number of carbonyl (C=O) groups excluding carboxylic acids is 11. The normalized spacial score (nSPS) is 16.5. The number of aryl methyl sites for hydroxylation is 3. The predicted molar refractivity (Wildman–Crippen MR) is 346 cm³/mol. The minimum atomic E-state index is -1.01. The molecule has 0 spiro atoms. The topological polar surface area (TPSA) is 360 Å². The second kappa shape index (κ2) is 30.8. The summed E-state index contributed by atoms with van der Waals surface area (Å²) in [5.41, 5.74) is 3.44. The highest BCUT2D eigenvalue weighted by Crippen LogP contribution is 2.34. The molecule has 502 valence electrons. The van der Waals surface area contributed by atoms with Gasteiger partial charge < -0.3 is 74.8 Å². The lowest BCUT2D eigenvalue weighted by Crippen LogP contribution is -2.53. The molecule has 10 amide bonds. The molecule has 1 aliphatic carbocycles. The van der Waals surface area contributed by atoms with Crippen LogP contribution in [0.3, 0.4) is 0 Å². The first-order valence-electron chi connectivity index (χ1n) is 30.9. The van der Waals surface area contributed by atoms with Gasteiger partial charge in [-0.25, -0.2) is 4.98 Å². The van der Waals surface area contributed by atoms with Gasteiger partial charge in [0.2, 0.25) is 35.4 Å². The van der Waals surface area contributed by atoms with Gasteiger partial charge in [-0.2, -0.15) is 0 Å². The molecule has 1 saturated heterocycles. The highest BCUT2D eigenvalue weighted by Gasteiger charge is 2.39. The molecule has 3 aliphatic heterocycles. The van der Waals surface area contributed by atoms with Crippen LogP contribution in [0.25, 0.3) is 10.9 Å². The molecule has 9 rings (SSSR count). The van der Waals surface area contributed by atoms with E-state index in [0.717, 1.165) is 22.6 Å². The number of hydrogen-bond donors (Lipinski definition) is 7. The molecule has 95 heavy (non-hydrogen) atoms. The number of rotatable bonds is 30. The van der Waals surface area contributed by atoms with Crippen LogP contribution in [0.2, 0.25) is 0 Å². The average molecular weight is 1310 g/mol. The van der Waals surface area contributed by atoms with E-state index in [1.807, 2.05) is 6.21 Å². The van der Waals surface area contributed by atoms with Crippen LogP contribution in [0.5, 0.6) is 0 Å². The van der Waals surface area contributed by atoms with E-state index in [0.29, 0.717) is 65.2 Å². The summed E-state index contributed by atoms with van der Waals surface area (Å²) < 4.78 is 28.5. The van der Waals surface area contributed by atoms with Gasteiger partial charge in [0.05, 0.1) is 69.1 Å². The molecule has 4 atom stereocenters. The second-order valence-electron chi connectivity index (χ2n) is 23.5. The number of aliphatic imine (C=N–C) groups is 1. The van der Waals surface area contributed by atoms with Crippen LogP contribution in [0.1, 0.15) is 90.9 Å². The summed E-state index contributed by atoms with van der Waals surface area (Å²) >= 11 is 0. The Morgan fingerprint density at radius 3 is 2.14 bits per heavy atom. The summed E-state index contributed by atoms with van der Waals surface area (Å²) in [6, 6.07) is 7.14. The molecule has 1 aromatic carbocycles. The van der Waals surface area contributed by atoms with E-state index in [-0.39, 0.29) is 124 Å². The Labute approximate surface area is 546 Å². The van der Waals surface area contributed by atoms with Crippen molar-refractivity contribution in [1.82, 2.24) is 49.0 Å². The number of ether oxygens (including phenoxy) is 4. The standard InChI is InChI=1S/C65H77N15O15/c1-37(2)58(74-55(83)17-22-93-24-25-94-23-18-66-53(81)16-20-79-56(84)13-14-57(79)85)62(88)68-39(4)60(86)69-41-11-12-47-40(27-41)15-19-78(47)65(91)49-29-43(35-76(49)6)70-61(87)48-28-42(34-75(48)5)71-63(89)59-73-52(36-77(59)7)72-54(82)10-9-21-95-51-31-46-45(30-50(51)92-8)64(90)80-33-38(3)26-44(80)32-67-46/h11-15,19,27-30,32,34-37,39,44,46,58H,3,9-10,16-18,20-26,31,33H2,1-2,4-8H3,(H,66,81)(H,68,88)(H,69,86)(H,70,87)(H,71,89)(H,72,82)(H,74,83)/t39-,44-,46?,58-/m0/s1. The maximum Gasteiger partial charge on any atom is 0.291 e. The zero-order valence-electron chi connectivity index (χ0n) is 53.8. The Morgan fingerprint density at radius 1 is 0.705 bits per heavy atom. The fourth-order valence-corrected chi connectivity index (χ4v) is 11.0. The van der Waals surface area contributed by atoms with Crippen molar-refractivity contribution >= 4 is 105 Å². The highest BCUT2D eigenvalue weighted by atomic mass is 16.5. The molecule has 4 aromatic heterocycles. The van der Waals surface area contributed by atoms with E-state index < -0.39 is 65.4 Å². The average Bonchev–Trinajstić information content (AvgIpc) is 1.71. The van der Waals surface area contributed by atoms with Crippen LogP contribution in [0, 0.1) is 5.92 Å². The molecule has 5 aromatic rings. The van der Waals surface area contributed by atoms with E-state index >= 15 is 0 Å². The van der Waals surface area contributed by atoms with Crippen molar-refractivity contribution in [1.29, 1.82) is 0 Å². The predicted octanol–water partition coefficient (Wildman–Crippen LogP) is 3.22. The van der Waals surface area contributed by atoms with Crippen molar-refractivity contribution in [3.05, 3.63) is 126 Å². The van der Waals surface area contributed by atoms with Crippen molar-refractivity contribution < 1.29 is 71.7 Å². The van der Waals surface area contributed by atoms with E-state index in [1.165, 1.54) is 46.1 Å². The van der Waals surface area contributed by atoms with Crippen LogP contribution in [0.4, 0.5) is 22.9 Å². The van der Waals surface area contributed by atoms with Gasteiger partial charge in [0, 0.05) is 126 Å². The van der Waals surface area contributed by atoms with E-state index in [1.54, 1.807) is 93.4 Å². The van der Waals surface area contributed by atoms with Crippen molar-refractivity contribution in [2.75, 3.05) is 81.0 Å². The number of hydrogen-bond acceptors (Lipinski definition) is 17. The van der Waals surface area contributed by atoms with E-state index in [2.05, 4.69) is 48.8 Å². The fraction of sp³-hybridized carbons (Fsp3) is 0.400. The van der Waals surface area contributed by atoms with Gasteiger partial charge in [0.1, 0.15) is 29.2 Å². The number of carbonyl (C=O) groups is 11. The number of benzene rings is 1. The SMILES string of the molecule is C=C1C[C@H]2C=NC3CC(OCCCC(=O)Nc4cn(C)c(C(=O)Nc5cc(C(=O)Nc6cc(C(=O)n7ccc8cc(NC(=O)[C@H](C)NC(=O)[C@@H](NC(=O)CCOCCOCCNC(=O)CCN9C(=O)C=CC9=O)C(C)C)ccc87)n(C)c6)n(C)c5)n4)=C(OC)C=C3C(=O)N2C1. The first-order chi connectivity index (χ1) is 45.4. The van der Waals surface area contributed by atoms with Gasteiger partial charge in [-0.05, 0) is 68.2 Å². The monoisotopic (exact) mass is 1310 g/mol. The van der Waals surface area contributed by atoms with Gasteiger partial charge in [-0.1, -0.05) is 26.0 Å². The van der Waals surface area contributed by atoms with Crippen molar-refractivity contribution in [2.45, 2.75) is 83.5 Å². The lowest BCUT2D eigenvalue weighted by atomic mass is 9.96. The maximum absolute atomic E-state index is 14.0. The number of nitrogens with zero attached hydrogens (tertiary/aromatic N) is 8. The Kier molecular flexibility index (Phi) is 22.2. The highest BCUT2D eigenvalue weighted by molar-refractivity contribution is 6.13. The number of imide groups is 1. The summed E-state index contributed by atoms with van der Waals surface area (Å²) in [6.07, 6.45) is 13.4. The number of methoxy groups -OCH3 is 1. The number of amides is 10. The zero-order chi connectivity index (χ0) is 68.2. The minimum Gasteiger partial charge on any atom is -0.494 e. The molecule has 7 N–H and O–H groups in total. The Hall–Kier alpha value is -10.8. The third-order valence-corrected chi connectivity index (χ3v) is 16.0. The molecule has 0 saturated carbocycles. The third-order valence-electron chi connectivity index (χ3n) is 16.0. The molecular formula is C65H77N15O15. The number of imidazole rings is 1. The summed E-state index contributed by atoms with van der Waals surface area (Å²) in [5, 5.41) is 19.7. The summed E-state index contributed by atoms with van der Waals surface area (Å²) in [5.74, 6) is -4.03. The molecule has 1 unspecified atom stereocenters. The summed E-state index contributed by atoms with van der Waals surface area (Å²) in [6.45, 7) is 10.5. The number of anilines is 4. The molecular weight excluding hydrogens is 1230 g/mol. The molecule has 0 bridgehead atoms. The number of fused-ring (bicyclic) bond motifs is 3. The zero-order valence-corrected chi connectivity index (χ0v) is 53.8. The number of allylic oxidation sites excluding steroid dienone is 1. The Balaban J connectivity index is 0.681. The van der Waals surface area contributed by atoms with Gasteiger partial charge in [0.15, 0.2) is 11.6 Å². The maximum atomic E-state index is 14.0. The van der Waals surface area contributed by atoms with E-state index in [9.17, 15) is 52.7 Å². The first-order valence-corrected chi connectivity index (χ1v) is 30.9. The molecule has 7 heterocycles. The van der Waals surface area contributed by atoms with Crippen LogP contribution in [-0.4, -0.2) is 188 Å². The summed E-state index contributed by atoms with van der Waals surface area (Å²) in [7, 11) is 6.39. The third kappa shape index (κ3) is 17.1. The van der Waals surface area contributed by atoms with Crippen LogP contribution in [-0.2, 0) is 78.4 Å². The molecule has 30 nitrogen and oxygen atoms in total. The summed E-state index contributed by atoms with van der Waals surface area (Å²) in [4.78, 5) is 154. The Bertz CT molecular complexity index is 3970. The lowest BCUT2D eigenvalue weighted by molar-refractivity contribution is -0.137. The number of nitrogens with one attached hydrogen (secondary N) is 7. The number of aromatic nitrogens is 5. The van der Waals surface area contributed by atoms with E-state index in [4.69, 9.17) is 23.9 Å². The van der Waals surface area contributed by atoms with Crippen molar-refractivity contribution in [3.63, 3.8) is 0 Å². The minimum absolute atomic E-state index is 0.0145. The van der Waals surface area contributed by atoms with Gasteiger partial charge in [-0.15, -0.1) is 0 Å². The molecule has 4 aliphatic rings. The molecule has 30 heteroatoms. The van der Waals surface area contributed by atoms with Crippen LogP contribution in [0.15, 0.2) is 114 Å². The molecule has 1 fully saturated rings. The lowest BCUT2D eigenvalue weighted by Gasteiger charge is -2.26. The van der Waals surface area contributed by atoms with Gasteiger partial charge in [0.25, 0.3) is 35.4 Å².